The first-order chi connectivity index (χ1) is 18.9. The van der Waals surface area contributed by atoms with Gasteiger partial charge in [0.05, 0.1) is 25.4 Å². The van der Waals surface area contributed by atoms with Crippen molar-refractivity contribution in [2.45, 2.75) is 13.5 Å². The Hall–Kier alpha value is -4.73. The molecule has 200 valence electrons. The number of anilines is 2. The third-order valence-electron chi connectivity index (χ3n) is 6.40. The first-order valence-electron chi connectivity index (χ1n) is 12.5. The molecule has 4 aromatic rings. The summed E-state index contributed by atoms with van der Waals surface area (Å²) in [6, 6.07) is 16.0. The minimum absolute atomic E-state index is 0.278. The zero-order valence-electron chi connectivity index (χ0n) is 22.3. The summed E-state index contributed by atoms with van der Waals surface area (Å²) in [4.78, 5) is 15.5. The third-order valence-corrected chi connectivity index (χ3v) is 6.40. The molecule has 39 heavy (non-hydrogen) atoms. The molecule has 3 aromatic carbocycles. The number of aliphatic imine (C=N–C) groups is 1. The Labute approximate surface area is 226 Å². The van der Waals surface area contributed by atoms with Crippen LogP contribution in [0.1, 0.15) is 16.7 Å². The lowest BCUT2D eigenvalue weighted by atomic mass is 10.1. The molecule has 2 heterocycles. The van der Waals surface area contributed by atoms with Gasteiger partial charge in [0.25, 0.3) is 0 Å². The molecule has 1 N–H and O–H groups in total. The maximum atomic E-state index is 13.5. The van der Waals surface area contributed by atoms with Gasteiger partial charge in [0, 0.05) is 43.3 Å². The van der Waals surface area contributed by atoms with Crippen molar-refractivity contribution in [2.24, 2.45) is 10.1 Å². The van der Waals surface area contributed by atoms with Crippen LogP contribution in [0.4, 0.5) is 15.9 Å². The highest BCUT2D eigenvalue weighted by molar-refractivity contribution is 5.98. The van der Waals surface area contributed by atoms with Gasteiger partial charge in [-0.2, -0.15) is 5.10 Å². The molecule has 1 aliphatic heterocycles. The number of rotatable bonds is 8. The van der Waals surface area contributed by atoms with E-state index in [0.29, 0.717) is 11.6 Å². The molecule has 10 heteroatoms. The highest BCUT2D eigenvalue weighted by atomic mass is 19.1. The number of nitrogens with zero attached hydrogens (tertiary/aromatic N) is 6. The van der Waals surface area contributed by atoms with E-state index in [-0.39, 0.29) is 12.4 Å². The summed E-state index contributed by atoms with van der Waals surface area (Å²) in [5.74, 6) is 2.57. The molecule has 0 aliphatic carbocycles. The molecule has 0 atom stereocenters. The summed E-state index contributed by atoms with van der Waals surface area (Å²) >= 11 is 0. The zero-order chi connectivity index (χ0) is 27.4. The van der Waals surface area contributed by atoms with E-state index in [1.165, 1.54) is 18.5 Å². The van der Waals surface area contributed by atoms with Crippen molar-refractivity contribution in [3.05, 3.63) is 83.4 Å². The van der Waals surface area contributed by atoms with Crippen LogP contribution < -0.4 is 14.8 Å². The summed E-state index contributed by atoms with van der Waals surface area (Å²) in [7, 11) is 5.49. The number of methoxy groups -OCH3 is 1. The summed E-state index contributed by atoms with van der Waals surface area (Å²) in [6.07, 6.45) is 3.27. The smallest absolute Gasteiger partial charge is 0.217 e. The lowest BCUT2D eigenvalue weighted by Gasteiger charge is -2.20. The van der Waals surface area contributed by atoms with Crippen LogP contribution in [0, 0.1) is 12.7 Å². The van der Waals surface area contributed by atoms with Gasteiger partial charge in [-0.15, -0.1) is 0 Å². The standard InChI is InChI=1S/C29H30FN7O2/c1-19-12-23(8-9-26(19)39-17-20-6-5-7-22(30)13-20)35-28-24-14-21(27(38-4)15-25(24)32-18-33-28)16-34-37(3)29-31-10-11-36(29)2/h5-9,12-16,18H,10-11,17H2,1-4H3,(H,32,33,35)/b34-16+. The van der Waals surface area contributed by atoms with Gasteiger partial charge in [-0.25, -0.2) is 24.4 Å². The fourth-order valence-corrected chi connectivity index (χ4v) is 4.36. The molecule has 0 spiro atoms. The topological polar surface area (TPSA) is 87.5 Å². The van der Waals surface area contributed by atoms with Crippen LogP contribution in [-0.4, -0.2) is 66.3 Å². The number of fused-ring (bicyclic) bond motifs is 1. The van der Waals surface area contributed by atoms with Gasteiger partial charge in [-0.3, -0.25) is 0 Å². The largest absolute Gasteiger partial charge is 0.496 e. The van der Waals surface area contributed by atoms with E-state index in [1.54, 1.807) is 24.4 Å². The number of ether oxygens (including phenoxy) is 2. The van der Waals surface area contributed by atoms with Crippen molar-refractivity contribution in [1.82, 2.24) is 19.9 Å². The first-order valence-corrected chi connectivity index (χ1v) is 12.5. The molecule has 1 aliphatic rings. The number of guanidine groups is 1. The van der Waals surface area contributed by atoms with E-state index in [1.807, 2.05) is 57.4 Å². The molecule has 9 nitrogen and oxygen atoms in total. The van der Waals surface area contributed by atoms with Gasteiger partial charge in [0.1, 0.15) is 36.1 Å². The van der Waals surface area contributed by atoms with Gasteiger partial charge in [-0.1, -0.05) is 12.1 Å². The fraction of sp³-hybridized carbons (Fsp3) is 0.241. The van der Waals surface area contributed by atoms with Crippen LogP contribution >= 0.6 is 0 Å². The quantitative estimate of drug-likeness (QED) is 0.256. The van der Waals surface area contributed by atoms with Crippen LogP contribution in [0.15, 0.2) is 71.0 Å². The number of nitrogens with one attached hydrogen (secondary N) is 1. The molecule has 0 fully saturated rings. The normalized spacial score (nSPS) is 13.2. The lowest BCUT2D eigenvalue weighted by Crippen LogP contribution is -2.34. The van der Waals surface area contributed by atoms with E-state index >= 15 is 0 Å². The van der Waals surface area contributed by atoms with Crippen LogP contribution in [0.5, 0.6) is 11.5 Å². The number of halogens is 1. The van der Waals surface area contributed by atoms with E-state index in [2.05, 4.69) is 30.3 Å². The average Bonchev–Trinajstić information content (AvgIpc) is 3.37. The summed E-state index contributed by atoms with van der Waals surface area (Å²) in [5, 5.41) is 10.5. The Morgan fingerprint density at radius 2 is 2.00 bits per heavy atom. The Morgan fingerprint density at radius 1 is 1.13 bits per heavy atom. The van der Waals surface area contributed by atoms with Crippen molar-refractivity contribution >= 4 is 34.6 Å². The predicted octanol–water partition coefficient (Wildman–Crippen LogP) is 4.98. The Morgan fingerprint density at radius 3 is 2.74 bits per heavy atom. The van der Waals surface area contributed by atoms with E-state index in [0.717, 1.165) is 58.1 Å². The zero-order valence-corrected chi connectivity index (χ0v) is 22.3. The summed E-state index contributed by atoms with van der Waals surface area (Å²) in [6.45, 7) is 3.89. The Balaban J connectivity index is 1.37. The van der Waals surface area contributed by atoms with Crippen LogP contribution in [-0.2, 0) is 6.61 Å². The number of hydrogen-bond donors (Lipinski definition) is 1. The number of aromatic nitrogens is 2. The molecule has 0 unspecified atom stereocenters. The SMILES string of the molecule is COc1cc2ncnc(Nc3ccc(OCc4cccc(F)c4)c(C)c3)c2cc1/C=N/N(C)C1=NCCN1C. The second kappa shape index (κ2) is 11.3. The van der Waals surface area contributed by atoms with Crippen LogP contribution in [0.25, 0.3) is 10.9 Å². The van der Waals surface area contributed by atoms with Crippen molar-refractivity contribution in [2.75, 3.05) is 39.6 Å². The van der Waals surface area contributed by atoms with Crippen molar-refractivity contribution in [1.29, 1.82) is 0 Å². The van der Waals surface area contributed by atoms with Gasteiger partial charge < -0.3 is 19.7 Å². The second-order valence-electron chi connectivity index (χ2n) is 9.23. The highest BCUT2D eigenvalue weighted by Crippen LogP contribution is 2.30. The highest BCUT2D eigenvalue weighted by Gasteiger charge is 2.16. The number of aryl methyl sites for hydroxylation is 1. The Bertz CT molecular complexity index is 1560. The number of benzene rings is 3. The van der Waals surface area contributed by atoms with E-state index in [4.69, 9.17) is 9.47 Å². The molecule has 0 saturated carbocycles. The molecular formula is C29H30FN7O2. The van der Waals surface area contributed by atoms with Crippen molar-refractivity contribution in [3.8, 4) is 11.5 Å². The molecule has 0 radical (unpaired) electrons. The second-order valence-corrected chi connectivity index (χ2v) is 9.23. The molecule has 0 saturated heterocycles. The minimum atomic E-state index is -0.278. The molecule has 5 rings (SSSR count). The maximum Gasteiger partial charge on any atom is 0.217 e. The summed E-state index contributed by atoms with van der Waals surface area (Å²) < 4.78 is 25.0. The molecular weight excluding hydrogens is 497 g/mol. The van der Waals surface area contributed by atoms with Gasteiger partial charge in [-0.05, 0) is 54.4 Å². The van der Waals surface area contributed by atoms with Crippen molar-refractivity contribution in [3.63, 3.8) is 0 Å². The summed E-state index contributed by atoms with van der Waals surface area (Å²) in [5.41, 5.74) is 4.08. The lowest BCUT2D eigenvalue weighted by molar-refractivity contribution is 0.303. The average molecular weight is 528 g/mol. The van der Waals surface area contributed by atoms with E-state index in [9.17, 15) is 4.39 Å². The van der Waals surface area contributed by atoms with Crippen LogP contribution in [0.3, 0.4) is 0 Å². The maximum absolute atomic E-state index is 13.5. The molecule has 0 amide bonds. The van der Waals surface area contributed by atoms with Crippen LogP contribution in [0.2, 0.25) is 0 Å². The number of hydrogen-bond acceptors (Lipinski definition) is 9. The fourth-order valence-electron chi connectivity index (χ4n) is 4.36. The van der Waals surface area contributed by atoms with E-state index < -0.39 is 0 Å². The number of hydrazone groups is 1. The number of likely N-dealkylation sites (N-methyl/N-ethyl adjacent to an activating group) is 1. The predicted molar refractivity (Wildman–Crippen MR) is 152 cm³/mol. The van der Waals surface area contributed by atoms with Gasteiger partial charge >= 0.3 is 0 Å². The monoisotopic (exact) mass is 527 g/mol. The minimum Gasteiger partial charge on any atom is -0.496 e. The Kier molecular flexibility index (Phi) is 7.53. The molecule has 0 bridgehead atoms. The van der Waals surface area contributed by atoms with Crippen molar-refractivity contribution < 1.29 is 13.9 Å². The van der Waals surface area contributed by atoms with Gasteiger partial charge in [0.2, 0.25) is 5.96 Å². The van der Waals surface area contributed by atoms with Gasteiger partial charge in [0.15, 0.2) is 0 Å². The molecule has 1 aromatic heterocycles. The first kappa shape index (κ1) is 25.9. The third kappa shape index (κ3) is 5.90.